The third-order valence-corrected chi connectivity index (χ3v) is 3.88. The molecule has 19 heavy (non-hydrogen) atoms. The van der Waals surface area contributed by atoms with Crippen molar-refractivity contribution in [3.63, 3.8) is 0 Å². The average molecular weight is 273 g/mol. The van der Waals surface area contributed by atoms with E-state index in [4.69, 9.17) is 10.8 Å². The van der Waals surface area contributed by atoms with Gasteiger partial charge in [0.25, 0.3) is 0 Å². The molecule has 3 N–H and O–H groups in total. The minimum atomic E-state index is -0.933. The van der Waals surface area contributed by atoms with Gasteiger partial charge in [-0.15, -0.1) is 11.8 Å². The van der Waals surface area contributed by atoms with Gasteiger partial charge >= 0.3 is 5.97 Å². The lowest BCUT2D eigenvalue weighted by Gasteiger charge is -2.07. The first kappa shape index (κ1) is 13.5. The predicted octanol–water partition coefficient (Wildman–Crippen LogP) is 3.57. The van der Waals surface area contributed by atoms with Gasteiger partial charge in [0.15, 0.2) is 0 Å². The Hall–Kier alpha value is -1.94. The molecule has 0 amide bonds. The molecular weight excluding hydrogens is 258 g/mol. The first-order valence-corrected chi connectivity index (χ1v) is 6.86. The van der Waals surface area contributed by atoms with Crippen LogP contribution in [0.3, 0.4) is 0 Å². The number of nitrogen functional groups attached to an aromatic ring is 1. The number of hydrogen-bond donors (Lipinski definition) is 2. The predicted molar refractivity (Wildman–Crippen MR) is 78.6 cm³/mol. The lowest BCUT2D eigenvalue weighted by atomic mass is 10.2. The van der Waals surface area contributed by atoms with Crippen LogP contribution >= 0.6 is 11.8 Å². The summed E-state index contributed by atoms with van der Waals surface area (Å²) >= 11 is 1.55. The molecule has 98 valence electrons. The minimum absolute atomic E-state index is 0.265. The average Bonchev–Trinajstić information content (AvgIpc) is 2.37. The number of aryl methyl sites for hydroxylation is 1. The number of anilines is 1. The summed E-state index contributed by atoms with van der Waals surface area (Å²) in [7, 11) is 0. The highest BCUT2D eigenvalue weighted by atomic mass is 32.2. The molecule has 0 fully saturated rings. The summed E-state index contributed by atoms with van der Waals surface area (Å²) in [6.07, 6.45) is 0. The van der Waals surface area contributed by atoms with E-state index in [1.165, 1.54) is 17.2 Å². The number of benzene rings is 2. The maximum Gasteiger partial charge on any atom is 0.335 e. The Morgan fingerprint density at radius 2 is 2.05 bits per heavy atom. The van der Waals surface area contributed by atoms with Crippen molar-refractivity contribution >= 4 is 23.4 Å². The zero-order valence-electron chi connectivity index (χ0n) is 10.6. The first-order chi connectivity index (χ1) is 9.06. The molecule has 2 aromatic rings. The molecule has 3 nitrogen and oxygen atoms in total. The summed E-state index contributed by atoms with van der Waals surface area (Å²) in [5.74, 6) is -0.160. The Bertz CT molecular complexity index is 611. The normalized spacial score (nSPS) is 10.4. The van der Waals surface area contributed by atoms with Gasteiger partial charge in [0.05, 0.1) is 5.56 Å². The van der Waals surface area contributed by atoms with Crippen molar-refractivity contribution < 1.29 is 9.90 Å². The topological polar surface area (TPSA) is 63.3 Å². The smallest absolute Gasteiger partial charge is 0.335 e. The van der Waals surface area contributed by atoms with Crippen LogP contribution in [0.1, 0.15) is 21.5 Å². The van der Waals surface area contributed by atoms with E-state index < -0.39 is 5.97 Å². The molecule has 0 aliphatic carbocycles. The fourth-order valence-corrected chi connectivity index (χ4v) is 2.70. The molecule has 0 aliphatic heterocycles. The zero-order chi connectivity index (χ0) is 13.8. The quantitative estimate of drug-likeness (QED) is 0.660. The lowest BCUT2D eigenvalue weighted by Crippen LogP contribution is -1.98. The Morgan fingerprint density at radius 1 is 1.26 bits per heavy atom. The Kier molecular flexibility index (Phi) is 4.12. The van der Waals surface area contributed by atoms with Gasteiger partial charge in [0.1, 0.15) is 0 Å². The Morgan fingerprint density at radius 3 is 2.74 bits per heavy atom. The molecule has 0 bridgehead atoms. The molecule has 0 aromatic heterocycles. The lowest BCUT2D eigenvalue weighted by molar-refractivity contribution is 0.0696. The second-order valence-corrected chi connectivity index (χ2v) is 5.35. The van der Waals surface area contributed by atoms with Gasteiger partial charge in [0, 0.05) is 16.3 Å². The number of thioether (sulfide) groups is 1. The molecule has 2 rings (SSSR count). The highest BCUT2D eigenvalue weighted by molar-refractivity contribution is 7.98. The molecule has 2 aromatic carbocycles. The first-order valence-electron chi connectivity index (χ1n) is 5.87. The van der Waals surface area contributed by atoms with E-state index in [0.29, 0.717) is 5.69 Å². The van der Waals surface area contributed by atoms with E-state index in [-0.39, 0.29) is 5.56 Å². The molecule has 0 unspecified atom stereocenters. The second-order valence-electron chi connectivity index (χ2n) is 4.34. The number of rotatable bonds is 4. The number of carboxylic acid groups (broad SMARTS) is 1. The van der Waals surface area contributed by atoms with Crippen LogP contribution in [0.2, 0.25) is 0 Å². The van der Waals surface area contributed by atoms with Crippen molar-refractivity contribution in [2.75, 3.05) is 5.73 Å². The maximum atomic E-state index is 10.9. The number of carboxylic acids is 1. The molecule has 0 aliphatic rings. The molecule has 0 radical (unpaired) electrons. The number of carbonyl (C=O) groups is 1. The third kappa shape index (κ3) is 3.51. The van der Waals surface area contributed by atoms with Crippen LogP contribution < -0.4 is 5.73 Å². The van der Waals surface area contributed by atoms with E-state index in [2.05, 4.69) is 12.1 Å². The standard InChI is InChI=1S/C15H15NO2S/c1-10-3-2-4-11(7-10)9-19-14-8-12(15(17)18)5-6-13(14)16/h2-8H,9,16H2,1H3,(H,17,18). The third-order valence-electron chi connectivity index (χ3n) is 2.74. The van der Waals surface area contributed by atoms with Gasteiger partial charge in [-0.2, -0.15) is 0 Å². The Labute approximate surface area is 116 Å². The van der Waals surface area contributed by atoms with E-state index in [1.54, 1.807) is 23.9 Å². The van der Waals surface area contributed by atoms with Gasteiger partial charge in [-0.3, -0.25) is 0 Å². The van der Waals surface area contributed by atoms with Gasteiger partial charge < -0.3 is 10.8 Å². The van der Waals surface area contributed by atoms with Crippen LogP contribution in [0.5, 0.6) is 0 Å². The van der Waals surface area contributed by atoms with E-state index in [1.807, 2.05) is 19.1 Å². The van der Waals surface area contributed by atoms with Crippen molar-refractivity contribution in [3.8, 4) is 0 Å². The summed E-state index contributed by atoms with van der Waals surface area (Å²) in [6.45, 7) is 2.05. The highest BCUT2D eigenvalue weighted by Gasteiger charge is 2.07. The SMILES string of the molecule is Cc1cccc(CSc2cc(C(=O)O)ccc2N)c1. The highest BCUT2D eigenvalue weighted by Crippen LogP contribution is 2.29. The van der Waals surface area contributed by atoms with Crippen molar-refractivity contribution in [1.82, 2.24) is 0 Å². The molecule has 0 saturated carbocycles. The second kappa shape index (κ2) is 5.80. The van der Waals surface area contributed by atoms with Crippen molar-refractivity contribution in [1.29, 1.82) is 0 Å². The van der Waals surface area contributed by atoms with Crippen LogP contribution in [0.25, 0.3) is 0 Å². The van der Waals surface area contributed by atoms with E-state index in [9.17, 15) is 4.79 Å². The zero-order valence-corrected chi connectivity index (χ0v) is 11.4. The van der Waals surface area contributed by atoms with Crippen molar-refractivity contribution in [3.05, 3.63) is 59.2 Å². The van der Waals surface area contributed by atoms with Crippen molar-refractivity contribution in [2.24, 2.45) is 0 Å². The summed E-state index contributed by atoms with van der Waals surface area (Å²) < 4.78 is 0. The van der Waals surface area contributed by atoms with Gasteiger partial charge in [-0.25, -0.2) is 4.79 Å². The summed E-state index contributed by atoms with van der Waals surface area (Å²) in [5, 5.41) is 8.97. The van der Waals surface area contributed by atoms with Crippen LogP contribution in [0.15, 0.2) is 47.4 Å². The van der Waals surface area contributed by atoms with E-state index in [0.717, 1.165) is 10.6 Å². The largest absolute Gasteiger partial charge is 0.478 e. The molecule has 0 saturated heterocycles. The number of hydrogen-bond acceptors (Lipinski definition) is 3. The minimum Gasteiger partial charge on any atom is -0.478 e. The molecule has 0 atom stereocenters. The van der Waals surface area contributed by atoms with Crippen LogP contribution in [0, 0.1) is 6.92 Å². The van der Waals surface area contributed by atoms with E-state index >= 15 is 0 Å². The summed E-state index contributed by atoms with van der Waals surface area (Å²) in [5.41, 5.74) is 9.16. The van der Waals surface area contributed by atoms with Crippen molar-refractivity contribution in [2.45, 2.75) is 17.6 Å². The fraction of sp³-hybridized carbons (Fsp3) is 0.133. The van der Waals surface area contributed by atoms with Crippen LogP contribution in [-0.2, 0) is 5.75 Å². The molecule has 0 heterocycles. The van der Waals surface area contributed by atoms with Crippen LogP contribution in [0.4, 0.5) is 5.69 Å². The molecular formula is C15H15NO2S. The monoisotopic (exact) mass is 273 g/mol. The van der Waals surface area contributed by atoms with Crippen LogP contribution in [-0.4, -0.2) is 11.1 Å². The maximum absolute atomic E-state index is 10.9. The number of nitrogens with two attached hydrogens (primary N) is 1. The molecule has 4 heteroatoms. The van der Waals surface area contributed by atoms with Gasteiger partial charge in [-0.1, -0.05) is 29.8 Å². The summed E-state index contributed by atoms with van der Waals surface area (Å²) in [6, 6.07) is 13.0. The molecule has 0 spiro atoms. The van der Waals surface area contributed by atoms with Gasteiger partial charge in [0.2, 0.25) is 0 Å². The number of aromatic carboxylic acids is 1. The summed E-state index contributed by atoms with van der Waals surface area (Å²) in [4.78, 5) is 11.7. The Balaban J connectivity index is 2.15. The van der Waals surface area contributed by atoms with Gasteiger partial charge in [-0.05, 0) is 30.7 Å². The fourth-order valence-electron chi connectivity index (χ4n) is 1.76.